The second kappa shape index (κ2) is 6.42. The molecule has 2 heterocycles. The first kappa shape index (κ1) is 12.9. The third-order valence-corrected chi connectivity index (χ3v) is 3.89. The molecule has 0 saturated carbocycles. The van der Waals surface area contributed by atoms with Gasteiger partial charge in [-0.2, -0.15) is 0 Å². The van der Waals surface area contributed by atoms with Crippen molar-refractivity contribution in [3.8, 4) is 0 Å². The molecule has 5 heteroatoms. The highest BCUT2D eigenvalue weighted by Gasteiger charge is 2.15. The lowest BCUT2D eigenvalue weighted by atomic mass is 10.1. The summed E-state index contributed by atoms with van der Waals surface area (Å²) in [4.78, 5) is 2.31. The average Bonchev–Trinajstić information content (AvgIpc) is 2.90. The van der Waals surface area contributed by atoms with Crippen molar-refractivity contribution < 1.29 is 4.74 Å². The van der Waals surface area contributed by atoms with Crippen molar-refractivity contribution in [2.45, 2.75) is 45.3 Å². The van der Waals surface area contributed by atoms with Crippen LogP contribution in [0, 0.1) is 6.92 Å². The molecule has 0 N–H and O–H groups in total. The van der Waals surface area contributed by atoms with Gasteiger partial charge in [0.1, 0.15) is 10.0 Å². The van der Waals surface area contributed by atoms with Gasteiger partial charge in [0.25, 0.3) is 0 Å². The van der Waals surface area contributed by atoms with Crippen molar-refractivity contribution in [1.29, 1.82) is 0 Å². The average molecular weight is 255 g/mol. The van der Waals surface area contributed by atoms with E-state index in [2.05, 4.69) is 22.1 Å². The SMILES string of the molecule is Cc1nnc(CN(C)CCCC2CCCO2)s1. The number of hydrogen-bond donors (Lipinski definition) is 0. The van der Waals surface area contributed by atoms with Crippen molar-refractivity contribution in [3.63, 3.8) is 0 Å². The maximum Gasteiger partial charge on any atom is 0.131 e. The monoisotopic (exact) mass is 255 g/mol. The zero-order valence-electron chi connectivity index (χ0n) is 10.7. The Morgan fingerprint density at radius 3 is 3.00 bits per heavy atom. The molecule has 2 rings (SSSR count). The van der Waals surface area contributed by atoms with E-state index in [0.29, 0.717) is 6.10 Å². The third-order valence-electron chi connectivity index (χ3n) is 3.06. The Balaban J connectivity index is 1.61. The number of rotatable bonds is 6. The van der Waals surface area contributed by atoms with Crippen molar-refractivity contribution >= 4 is 11.3 Å². The van der Waals surface area contributed by atoms with Crippen LogP contribution >= 0.6 is 11.3 Å². The van der Waals surface area contributed by atoms with E-state index in [1.807, 2.05) is 6.92 Å². The van der Waals surface area contributed by atoms with E-state index in [4.69, 9.17) is 4.74 Å². The maximum atomic E-state index is 5.62. The number of nitrogens with zero attached hydrogens (tertiary/aromatic N) is 3. The molecule has 1 unspecified atom stereocenters. The Morgan fingerprint density at radius 1 is 1.47 bits per heavy atom. The molecule has 0 spiro atoms. The van der Waals surface area contributed by atoms with Crippen LogP contribution in [0.5, 0.6) is 0 Å². The Morgan fingerprint density at radius 2 is 2.35 bits per heavy atom. The summed E-state index contributed by atoms with van der Waals surface area (Å²) in [5.41, 5.74) is 0. The Hall–Kier alpha value is -0.520. The largest absolute Gasteiger partial charge is 0.378 e. The molecule has 1 aliphatic heterocycles. The summed E-state index contributed by atoms with van der Waals surface area (Å²) < 4.78 is 5.62. The Kier molecular flexibility index (Phi) is 4.88. The van der Waals surface area contributed by atoms with Gasteiger partial charge >= 0.3 is 0 Å². The summed E-state index contributed by atoms with van der Waals surface area (Å²) in [6.07, 6.45) is 5.41. The van der Waals surface area contributed by atoms with Crippen molar-refractivity contribution in [2.75, 3.05) is 20.2 Å². The maximum absolute atomic E-state index is 5.62. The molecule has 1 aromatic heterocycles. The minimum Gasteiger partial charge on any atom is -0.378 e. The molecule has 17 heavy (non-hydrogen) atoms. The van der Waals surface area contributed by atoms with Gasteiger partial charge in [-0.15, -0.1) is 21.5 Å². The van der Waals surface area contributed by atoms with Gasteiger partial charge in [0.15, 0.2) is 0 Å². The molecule has 4 nitrogen and oxygen atoms in total. The quantitative estimate of drug-likeness (QED) is 0.781. The van der Waals surface area contributed by atoms with E-state index >= 15 is 0 Å². The molecule has 0 aliphatic carbocycles. The number of hydrogen-bond acceptors (Lipinski definition) is 5. The topological polar surface area (TPSA) is 38.2 Å². The van der Waals surface area contributed by atoms with Crippen LogP contribution in [0.4, 0.5) is 0 Å². The van der Waals surface area contributed by atoms with Gasteiger partial charge in [-0.1, -0.05) is 0 Å². The smallest absolute Gasteiger partial charge is 0.131 e. The first-order valence-electron chi connectivity index (χ1n) is 6.33. The highest BCUT2D eigenvalue weighted by Crippen LogP contribution is 2.17. The Labute approximate surface area is 107 Å². The van der Waals surface area contributed by atoms with Gasteiger partial charge in [-0.25, -0.2) is 0 Å². The third kappa shape index (κ3) is 4.33. The zero-order chi connectivity index (χ0) is 12.1. The molecule has 0 aromatic carbocycles. The van der Waals surface area contributed by atoms with Crippen LogP contribution in [-0.4, -0.2) is 41.4 Å². The lowest BCUT2D eigenvalue weighted by molar-refractivity contribution is 0.0995. The van der Waals surface area contributed by atoms with E-state index < -0.39 is 0 Å². The number of aryl methyl sites for hydroxylation is 1. The van der Waals surface area contributed by atoms with Crippen LogP contribution in [0.15, 0.2) is 0 Å². The highest BCUT2D eigenvalue weighted by molar-refractivity contribution is 7.11. The van der Waals surface area contributed by atoms with Gasteiger partial charge in [0.2, 0.25) is 0 Å². The van der Waals surface area contributed by atoms with Crippen molar-refractivity contribution in [2.24, 2.45) is 0 Å². The molecule has 1 aromatic rings. The van der Waals surface area contributed by atoms with Crippen LogP contribution in [0.3, 0.4) is 0 Å². The van der Waals surface area contributed by atoms with Gasteiger partial charge in [0.05, 0.1) is 12.6 Å². The lowest BCUT2D eigenvalue weighted by Gasteiger charge is -2.16. The normalized spacial score (nSPS) is 20.3. The van der Waals surface area contributed by atoms with E-state index in [-0.39, 0.29) is 0 Å². The van der Waals surface area contributed by atoms with Crippen LogP contribution < -0.4 is 0 Å². The fourth-order valence-corrected chi connectivity index (χ4v) is 2.96. The lowest BCUT2D eigenvalue weighted by Crippen LogP contribution is -2.20. The van der Waals surface area contributed by atoms with Gasteiger partial charge in [-0.3, -0.25) is 4.90 Å². The van der Waals surface area contributed by atoms with E-state index in [1.165, 1.54) is 25.7 Å². The van der Waals surface area contributed by atoms with Crippen LogP contribution in [0.1, 0.15) is 35.7 Å². The number of aromatic nitrogens is 2. The molecule has 1 fully saturated rings. The molecular weight excluding hydrogens is 234 g/mol. The second-order valence-corrected chi connectivity index (χ2v) is 6.00. The minimum absolute atomic E-state index is 0.521. The van der Waals surface area contributed by atoms with Crippen molar-refractivity contribution in [3.05, 3.63) is 10.0 Å². The molecule has 0 bridgehead atoms. The van der Waals surface area contributed by atoms with Gasteiger partial charge in [-0.05, 0) is 46.2 Å². The van der Waals surface area contributed by atoms with E-state index in [1.54, 1.807) is 11.3 Å². The molecule has 96 valence electrons. The predicted molar refractivity (Wildman–Crippen MR) is 69.2 cm³/mol. The molecule has 1 atom stereocenters. The predicted octanol–water partition coefficient (Wildman–Crippen LogP) is 2.24. The van der Waals surface area contributed by atoms with Crippen molar-refractivity contribution in [1.82, 2.24) is 15.1 Å². The Bertz CT molecular complexity index is 336. The number of ether oxygens (including phenoxy) is 1. The summed E-state index contributed by atoms with van der Waals surface area (Å²) in [6.45, 7) is 4.98. The first-order valence-corrected chi connectivity index (χ1v) is 7.15. The molecular formula is C12H21N3OS. The second-order valence-electron chi connectivity index (χ2n) is 4.73. The molecule has 1 aliphatic rings. The van der Waals surface area contributed by atoms with Crippen LogP contribution in [-0.2, 0) is 11.3 Å². The van der Waals surface area contributed by atoms with Crippen LogP contribution in [0.2, 0.25) is 0 Å². The summed E-state index contributed by atoms with van der Waals surface area (Å²) >= 11 is 1.69. The summed E-state index contributed by atoms with van der Waals surface area (Å²) in [7, 11) is 2.15. The van der Waals surface area contributed by atoms with Crippen LogP contribution in [0.25, 0.3) is 0 Å². The highest BCUT2D eigenvalue weighted by atomic mass is 32.1. The molecule has 0 amide bonds. The summed E-state index contributed by atoms with van der Waals surface area (Å²) in [5.74, 6) is 0. The molecule has 1 saturated heterocycles. The standard InChI is InChI=1S/C12H21N3OS/c1-10-13-14-12(17-10)9-15(2)7-3-5-11-6-4-8-16-11/h11H,3-9H2,1-2H3. The van der Waals surface area contributed by atoms with E-state index in [0.717, 1.165) is 29.7 Å². The molecule has 0 radical (unpaired) electrons. The van der Waals surface area contributed by atoms with Gasteiger partial charge < -0.3 is 4.74 Å². The summed E-state index contributed by atoms with van der Waals surface area (Å²) in [6, 6.07) is 0. The zero-order valence-corrected chi connectivity index (χ0v) is 11.5. The van der Waals surface area contributed by atoms with E-state index in [9.17, 15) is 0 Å². The minimum atomic E-state index is 0.521. The fourth-order valence-electron chi connectivity index (χ4n) is 2.17. The summed E-state index contributed by atoms with van der Waals surface area (Å²) in [5, 5.41) is 10.3. The fraction of sp³-hybridized carbons (Fsp3) is 0.833. The van der Waals surface area contributed by atoms with Gasteiger partial charge in [0, 0.05) is 6.61 Å². The first-order chi connectivity index (χ1) is 8.24.